The first kappa shape index (κ1) is 15.2. The predicted octanol–water partition coefficient (Wildman–Crippen LogP) is 3.49. The van der Waals surface area contributed by atoms with E-state index < -0.39 is 0 Å². The molecule has 1 aromatic carbocycles. The van der Waals surface area contributed by atoms with Gasteiger partial charge in [0.15, 0.2) is 0 Å². The molecule has 0 fully saturated rings. The van der Waals surface area contributed by atoms with Crippen LogP contribution in [-0.4, -0.2) is 38.0 Å². The van der Waals surface area contributed by atoms with Gasteiger partial charge in [0.1, 0.15) is 5.76 Å². The second-order valence-corrected chi connectivity index (χ2v) is 5.08. The van der Waals surface area contributed by atoms with Gasteiger partial charge in [0.2, 0.25) is 0 Å². The van der Waals surface area contributed by atoms with Crippen molar-refractivity contribution >= 4 is 11.6 Å². The Morgan fingerprint density at radius 3 is 2.19 bits per heavy atom. The van der Waals surface area contributed by atoms with Crippen molar-refractivity contribution in [3.63, 3.8) is 0 Å². The molecule has 2 aromatic rings. The molecule has 2 rings (SSSR count). The summed E-state index contributed by atoms with van der Waals surface area (Å²) in [6.07, 6.45) is 1.58. The third kappa shape index (κ3) is 3.10. The van der Waals surface area contributed by atoms with Crippen LogP contribution in [0.5, 0.6) is 0 Å². The number of furan rings is 1. The van der Waals surface area contributed by atoms with Crippen molar-refractivity contribution in [2.75, 3.05) is 32.1 Å². The molecule has 0 aliphatic carbocycles. The molecule has 0 saturated carbocycles. The standard InChI is InChI=1S/C17H22N2O2/c1-5-19(6-2)17(20)15-11-12-21-16(15)13-7-9-14(10-8-13)18(3)4/h7-12H,5-6H2,1-4H3. The summed E-state index contributed by atoms with van der Waals surface area (Å²) in [6, 6.07) is 9.74. The van der Waals surface area contributed by atoms with Crippen molar-refractivity contribution in [1.82, 2.24) is 4.90 Å². The number of carbonyl (C=O) groups excluding carboxylic acids is 1. The predicted molar refractivity (Wildman–Crippen MR) is 85.7 cm³/mol. The molecular weight excluding hydrogens is 264 g/mol. The van der Waals surface area contributed by atoms with Gasteiger partial charge in [-0.3, -0.25) is 4.79 Å². The minimum atomic E-state index is 0.0143. The van der Waals surface area contributed by atoms with Gasteiger partial charge in [0.05, 0.1) is 11.8 Å². The number of hydrogen-bond donors (Lipinski definition) is 0. The van der Waals surface area contributed by atoms with Crippen molar-refractivity contribution in [3.05, 3.63) is 42.2 Å². The summed E-state index contributed by atoms with van der Waals surface area (Å²) in [4.78, 5) is 16.3. The van der Waals surface area contributed by atoms with Gasteiger partial charge in [0, 0.05) is 38.4 Å². The average Bonchev–Trinajstić information content (AvgIpc) is 2.97. The fraction of sp³-hybridized carbons (Fsp3) is 0.353. The molecule has 21 heavy (non-hydrogen) atoms. The highest BCUT2D eigenvalue weighted by molar-refractivity contribution is 5.99. The monoisotopic (exact) mass is 286 g/mol. The largest absolute Gasteiger partial charge is 0.464 e. The van der Waals surface area contributed by atoms with Crippen LogP contribution >= 0.6 is 0 Å². The molecule has 0 spiro atoms. The lowest BCUT2D eigenvalue weighted by Gasteiger charge is -2.18. The summed E-state index contributed by atoms with van der Waals surface area (Å²) >= 11 is 0. The number of nitrogens with zero attached hydrogens (tertiary/aromatic N) is 2. The van der Waals surface area contributed by atoms with Gasteiger partial charge in [-0.05, 0) is 44.2 Å². The first-order valence-corrected chi connectivity index (χ1v) is 7.23. The lowest BCUT2D eigenvalue weighted by atomic mass is 10.1. The highest BCUT2D eigenvalue weighted by Gasteiger charge is 2.20. The molecule has 1 aromatic heterocycles. The molecule has 1 amide bonds. The Kier molecular flexibility index (Phi) is 4.68. The molecule has 0 unspecified atom stereocenters. The number of hydrogen-bond acceptors (Lipinski definition) is 3. The molecule has 4 heteroatoms. The van der Waals surface area contributed by atoms with Crippen LogP contribution in [0.3, 0.4) is 0 Å². The summed E-state index contributed by atoms with van der Waals surface area (Å²) in [5, 5.41) is 0. The third-order valence-corrected chi connectivity index (χ3v) is 3.59. The lowest BCUT2D eigenvalue weighted by Crippen LogP contribution is -2.30. The Labute approximate surface area is 126 Å². The SMILES string of the molecule is CCN(CC)C(=O)c1ccoc1-c1ccc(N(C)C)cc1. The van der Waals surface area contributed by atoms with Crippen LogP contribution in [-0.2, 0) is 0 Å². The Hall–Kier alpha value is -2.23. The van der Waals surface area contributed by atoms with Crippen LogP contribution in [0.25, 0.3) is 11.3 Å². The van der Waals surface area contributed by atoms with Gasteiger partial charge in [-0.2, -0.15) is 0 Å². The maximum absolute atomic E-state index is 12.5. The molecule has 0 bridgehead atoms. The minimum Gasteiger partial charge on any atom is -0.464 e. The van der Waals surface area contributed by atoms with Crippen LogP contribution < -0.4 is 4.90 Å². The molecule has 0 aliphatic heterocycles. The van der Waals surface area contributed by atoms with E-state index in [-0.39, 0.29) is 5.91 Å². The van der Waals surface area contributed by atoms with Crippen LogP contribution in [0.2, 0.25) is 0 Å². The summed E-state index contributed by atoms with van der Waals surface area (Å²) in [5.41, 5.74) is 2.65. The van der Waals surface area contributed by atoms with E-state index in [1.54, 1.807) is 17.2 Å². The fourth-order valence-corrected chi connectivity index (χ4v) is 2.29. The van der Waals surface area contributed by atoms with Gasteiger partial charge in [-0.1, -0.05) is 0 Å². The number of anilines is 1. The van der Waals surface area contributed by atoms with E-state index >= 15 is 0 Å². The van der Waals surface area contributed by atoms with E-state index in [1.165, 1.54) is 0 Å². The van der Waals surface area contributed by atoms with Gasteiger partial charge >= 0.3 is 0 Å². The van der Waals surface area contributed by atoms with E-state index in [9.17, 15) is 4.79 Å². The summed E-state index contributed by atoms with van der Waals surface area (Å²) in [7, 11) is 3.99. The topological polar surface area (TPSA) is 36.7 Å². The quantitative estimate of drug-likeness (QED) is 0.844. The zero-order chi connectivity index (χ0) is 15.4. The minimum absolute atomic E-state index is 0.0143. The van der Waals surface area contributed by atoms with Crippen LogP contribution in [0.15, 0.2) is 41.0 Å². The zero-order valence-corrected chi connectivity index (χ0v) is 13.1. The molecule has 0 radical (unpaired) electrons. The highest BCUT2D eigenvalue weighted by Crippen LogP contribution is 2.27. The molecule has 0 aliphatic rings. The van der Waals surface area contributed by atoms with Gasteiger partial charge in [-0.15, -0.1) is 0 Å². The van der Waals surface area contributed by atoms with E-state index in [0.29, 0.717) is 24.4 Å². The smallest absolute Gasteiger partial charge is 0.257 e. The molecule has 0 saturated heterocycles. The Morgan fingerprint density at radius 2 is 1.67 bits per heavy atom. The highest BCUT2D eigenvalue weighted by atomic mass is 16.3. The molecule has 1 heterocycles. The van der Waals surface area contributed by atoms with E-state index in [2.05, 4.69) is 0 Å². The van der Waals surface area contributed by atoms with E-state index in [4.69, 9.17) is 4.42 Å². The van der Waals surface area contributed by atoms with Crippen molar-refractivity contribution < 1.29 is 9.21 Å². The normalized spacial score (nSPS) is 10.5. The van der Waals surface area contributed by atoms with Gasteiger partial charge in [-0.25, -0.2) is 0 Å². The van der Waals surface area contributed by atoms with Gasteiger partial charge < -0.3 is 14.2 Å². The number of rotatable bonds is 5. The average molecular weight is 286 g/mol. The Morgan fingerprint density at radius 1 is 1.05 bits per heavy atom. The summed E-state index contributed by atoms with van der Waals surface area (Å²) < 4.78 is 5.55. The molecule has 112 valence electrons. The van der Waals surface area contributed by atoms with Crippen LogP contribution in [0, 0.1) is 0 Å². The maximum atomic E-state index is 12.5. The summed E-state index contributed by atoms with van der Waals surface area (Å²) in [6.45, 7) is 5.35. The van der Waals surface area contributed by atoms with Crippen molar-refractivity contribution in [3.8, 4) is 11.3 Å². The van der Waals surface area contributed by atoms with Gasteiger partial charge in [0.25, 0.3) is 5.91 Å². The number of carbonyl (C=O) groups is 1. The molecular formula is C17H22N2O2. The second kappa shape index (κ2) is 6.48. The third-order valence-electron chi connectivity index (χ3n) is 3.59. The van der Waals surface area contributed by atoms with Crippen molar-refractivity contribution in [2.45, 2.75) is 13.8 Å². The second-order valence-electron chi connectivity index (χ2n) is 5.08. The van der Waals surface area contributed by atoms with Crippen molar-refractivity contribution in [1.29, 1.82) is 0 Å². The first-order valence-electron chi connectivity index (χ1n) is 7.23. The van der Waals surface area contributed by atoms with E-state index in [1.807, 2.05) is 57.1 Å². The molecule has 0 atom stereocenters. The Bertz CT molecular complexity index is 596. The number of benzene rings is 1. The first-order chi connectivity index (χ1) is 10.1. The summed E-state index contributed by atoms with van der Waals surface area (Å²) in [5.74, 6) is 0.651. The van der Waals surface area contributed by atoms with Crippen molar-refractivity contribution in [2.24, 2.45) is 0 Å². The van der Waals surface area contributed by atoms with Crippen LogP contribution in [0.1, 0.15) is 24.2 Å². The lowest BCUT2D eigenvalue weighted by molar-refractivity contribution is 0.0773. The number of amides is 1. The molecule has 4 nitrogen and oxygen atoms in total. The van der Waals surface area contributed by atoms with E-state index in [0.717, 1.165) is 11.3 Å². The fourth-order valence-electron chi connectivity index (χ4n) is 2.29. The van der Waals surface area contributed by atoms with Crippen LogP contribution in [0.4, 0.5) is 5.69 Å². The zero-order valence-electron chi connectivity index (χ0n) is 13.1. The molecule has 0 N–H and O–H groups in total. The Balaban J connectivity index is 2.34. The maximum Gasteiger partial charge on any atom is 0.257 e.